The molecule has 1 amide bonds. The Morgan fingerprint density at radius 2 is 2.17 bits per heavy atom. The second-order valence-corrected chi connectivity index (χ2v) is 5.42. The van der Waals surface area contributed by atoms with Crippen molar-refractivity contribution in [2.75, 3.05) is 26.0 Å². The molecule has 9 heteroatoms. The number of fused-ring (bicyclic) bond motifs is 1. The summed E-state index contributed by atoms with van der Waals surface area (Å²) in [5.41, 5.74) is 1.05. The highest BCUT2D eigenvalue weighted by Gasteiger charge is 2.10. The Bertz CT molecular complexity index is 890. The summed E-state index contributed by atoms with van der Waals surface area (Å²) in [6, 6.07) is 3.22. The molecule has 0 saturated carbocycles. The zero-order valence-electron chi connectivity index (χ0n) is 12.9. The van der Waals surface area contributed by atoms with Crippen LogP contribution in [-0.4, -0.2) is 55.8 Å². The number of hydrogen-bond acceptors (Lipinski definition) is 5. The number of carbonyl (C=O) groups excluding carboxylic acids is 1. The molecule has 23 heavy (non-hydrogen) atoms. The van der Waals surface area contributed by atoms with Crippen LogP contribution in [0, 0.1) is 0 Å². The van der Waals surface area contributed by atoms with Crippen molar-refractivity contribution in [2.45, 2.75) is 6.54 Å². The maximum absolute atomic E-state index is 12.3. The standard InChI is InChI=1S/C14H17N7O2/c1-19(2)5-6-20-9-11(7-15-20)16-13(22)10-3-4-12-17-18-14(23)21(12)8-10/h3-4,7-9H,5-6H2,1-2H3,(H,16,22)(H,18,23). The molecule has 9 nitrogen and oxygen atoms in total. The Morgan fingerprint density at radius 3 is 2.96 bits per heavy atom. The van der Waals surface area contributed by atoms with Crippen LogP contribution in [0.3, 0.4) is 0 Å². The van der Waals surface area contributed by atoms with Gasteiger partial charge in [0.1, 0.15) is 0 Å². The smallest absolute Gasteiger partial charge is 0.319 e. The molecule has 3 aromatic rings. The first-order valence-electron chi connectivity index (χ1n) is 7.08. The Morgan fingerprint density at radius 1 is 1.35 bits per heavy atom. The van der Waals surface area contributed by atoms with Crippen molar-refractivity contribution in [2.24, 2.45) is 0 Å². The van der Waals surface area contributed by atoms with Gasteiger partial charge < -0.3 is 10.2 Å². The molecule has 0 atom stereocenters. The number of aromatic nitrogens is 5. The van der Waals surface area contributed by atoms with Gasteiger partial charge in [0, 0.05) is 18.9 Å². The Hall–Kier alpha value is -2.94. The maximum Gasteiger partial charge on any atom is 0.347 e. The molecule has 0 unspecified atom stereocenters. The zero-order valence-corrected chi connectivity index (χ0v) is 12.9. The fraction of sp³-hybridized carbons (Fsp3) is 0.286. The van der Waals surface area contributed by atoms with Gasteiger partial charge in [-0.15, -0.1) is 0 Å². The van der Waals surface area contributed by atoms with Gasteiger partial charge in [0.25, 0.3) is 5.91 Å². The SMILES string of the molecule is CN(C)CCn1cc(NC(=O)c2ccc3n[nH]c(=O)n3c2)cn1. The van der Waals surface area contributed by atoms with Crippen molar-refractivity contribution in [1.29, 1.82) is 0 Å². The Balaban J connectivity index is 1.72. The Kier molecular flexibility index (Phi) is 3.94. The number of nitrogens with zero attached hydrogens (tertiary/aromatic N) is 5. The zero-order chi connectivity index (χ0) is 16.4. The van der Waals surface area contributed by atoms with E-state index in [-0.39, 0.29) is 11.6 Å². The molecule has 0 aliphatic carbocycles. The lowest BCUT2D eigenvalue weighted by atomic mass is 10.2. The van der Waals surface area contributed by atoms with Crippen LogP contribution in [0.4, 0.5) is 5.69 Å². The van der Waals surface area contributed by atoms with Gasteiger partial charge in [-0.25, -0.2) is 14.3 Å². The molecule has 0 aromatic carbocycles. The second kappa shape index (κ2) is 6.05. The fourth-order valence-corrected chi connectivity index (χ4v) is 2.10. The lowest BCUT2D eigenvalue weighted by molar-refractivity contribution is 0.102. The van der Waals surface area contributed by atoms with E-state index in [1.807, 2.05) is 14.1 Å². The summed E-state index contributed by atoms with van der Waals surface area (Å²) in [7, 11) is 3.97. The summed E-state index contributed by atoms with van der Waals surface area (Å²) in [6.07, 6.45) is 4.81. The number of anilines is 1. The van der Waals surface area contributed by atoms with Gasteiger partial charge in [-0.2, -0.15) is 10.2 Å². The van der Waals surface area contributed by atoms with Crippen LogP contribution in [0.25, 0.3) is 5.65 Å². The van der Waals surface area contributed by atoms with E-state index >= 15 is 0 Å². The average molecular weight is 315 g/mol. The number of carbonyl (C=O) groups is 1. The molecule has 3 rings (SSSR count). The van der Waals surface area contributed by atoms with Gasteiger partial charge in [-0.1, -0.05) is 0 Å². The molecule has 3 aromatic heterocycles. The summed E-state index contributed by atoms with van der Waals surface area (Å²) in [5.74, 6) is -0.313. The maximum atomic E-state index is 12.3. The topological polar surface area (TPSA) is 100 Å². The molecular formula is C14H17N7O2. The fourth-order valence-electron chi connectivity index (χ4n) is 2.10. The number of pyridine rings is 1. The number of nitrogens with one attached hydrogen (secondary N) is 2. The van der Waals surface area contributed by atoms with Gasteiger partial charge in [-0.05, 0) is 26.2 Å². The van der Waals surface area contributed by atoms with Gasteiger partial charge in [0.2, 0.25) is 0 Å². The van der Waals surface area contributed by atoms with Crippen LogP contribution in [0.2, 0.25) is 0 Å². The summed E-state index contributed by atoms with van der Waals surface area (Å²) in [6.45, 7) is 1.59. The second-order valence-electron chi connectivity index (χ2n) is 5.42. The summed E-state index contributed by atoms with van der Waals surface area (Å²) >= 11 is 0. The monoisotopic (exact) mass is 315 g/mol. The summed E-state index contributed by atoms with van der Waals surface area (Å²) in [5, 5.41) is 13.1. The van der Waals surface area contributed by atoms with Crippen molar-refractivity contribution >= 4 is 17.2 Å². The third-order valence-electron chi connectivity index (χ3n) is 3.34. The first-order valence-corrected chi connectivity index (χ1v) is 7.08. The lowest BCUT2D eigenvalue weighted by Gasteiger charge is -2.08. The molecule has 120 valence electrons. The molecule has 0 bridgehead atoms. The van der Waals surface area contributed by atoms with E-state index < -0.39 is 0 Å². The molecule has 0 saturated heterocycles. The van der Waals surface area contributed by atoms with Gasteiger partial charge in [0.05, 0.1) is 24.0 Å². The quantitative estimate of drug-likeness (QED) is 0.692. The molecule has 3 heterocycles. The summed E-state index contributed by atoms with van der Waals surface area (Å²) in [4.78, 5) is 25.9. The third kappa shape index (κ3) is 3.29. The van der Waals surface area contributed by atoms with Crippen molar-refractivity contribution in [3.05, 3.63) is 46.8 Å². The van der Waals surface area contributed by atoms with E-state index in [1.165, 1.54) is 10.6 Å². The number of rotatable bonds is 5. The minimum atomic E-state index is -0.383. The number of amides is 1. The molecule has 0 spiro atoms. The number of likely N-dealkylation sites (N-methyl/N-ethyl adjacent to an activating group) is 1. The average Bonchev–Trinajstić information content (AvgIpc) is 3.12. The molecule has 2 N–H and O–H groups in total. The number of aromatic amines is 1. The molecule has 0 aliphatic heterocycles. The number of hydrogen-bond donors (Lipinski definition) is 2. The minimum absolute atomic E-state index is 0.313. The minimum Gasteiger partial charge on any atom is -0.319 e. The normalized spacial score (nSPS) is 11.3. The molecule has 0 fully saturated rings. The van der Waals surface area contributed by atoms with E-state index in [0.29, 0.717) is 16.9 Å². The predicted molar refractivity (Wildman–Crippen MR) is 84.5 cm³/mol. The van der Waals surface area contributed by atoms with E-state index in [4.69, 9.17) is 0 Å². The van der Waals surface area contributed by atoms with E-state index in [9.17, 15) is 9.59 Å². The predicted octanol–water partition coefficient (Wildman–Crippen LogP) is 0.0330. The first kappa shape index (κ1) is 15.0. The van der Waals surface area contributed by atoms with Crippen LogP contribution in [0.1, 0.15) is 10.4 Å². The van der Waals surface area contributed by atoms with E-state index in [2.05, 4.69) is 25.5 Å². The lowest BCUT2D eigenvalue weighted by Crippen LogP contribution is -2.18. The van der Waals surface area contributed by atoms with Gasteiger partial charge in [0.15, 0.2) is 5.65 Å². The highest BCUT2D eigenvalue weighted by molar-refractivity contribution is 6.04. The van der Waals surface area contributed by atoms with E-state index in [0.717, 1.165) is 13.1 Å². The van der Waals surface area contributed by atoms with Crippen LogP contribution < -0.4 is 11.0 Å². The van der Waals surface area contributed by atoms with Gasteiger partial charge in [-0.3, -0.25) is 9.48 Å². The molecular weight excluding hydrogens is 298 g/mol. The highest BCUT2D eigenvalue weighted by atomic mass is 16.2. The van der Waals surface area contributed by atoms with Crippen molar-refractivity contribution in [3.63, 3.8) is 0 Å². The number of H-pyrrole nitrogens is 1. The first-order chi connectivity index (χ1) is 11.0. The van der Waals surface area contributed by atoms with Crippen LogP contribution >= 0.6 is 0 Å². The van der Waals surface area contributed by atoms with E-state index in [1.54, 1.807) is 29.2 Å². The third-order valence-corrected chi connectivity index (χ3v) is 3.34. The summed E-state index contributed by atoms with van der Waals surface area (Å²) < 4.78 is 3.05. The van der Waals surface area contributed by atoms with Crippen molar-refractivity contribution in [1.82, 2.24) is 29.3 Å². The van der Waals surface area contributed by atoms with Crippen molar-refractivity contribution < 1.29 is 4.79 Å². The highest BCUT2D eigenvalue weighted by Crippen LogP contribution is 2.09. The largest absolute Gasteiger partial charge is 0.347 e. The van der Waals surface area contributed by atoms with Crippen molar-refractivity contribution in [3.8, 4) is 0 Å². The van der Waals surface area contributed by atoms with Gasteiger partial charge >= 0.3 is 5.69 Å². The molecule has 0 radical (unpaired) electrons. The molecule has 0 aliphatic rings. The van der Waals surface area contributed by atoms with Crippen LogP contribution in [0.15, 0.2) is 35.5 Å². The van der Waals surface area contributed by atoms with Crippen LogP contribution in [-0.2, 0) is 6.54 Å². The Labute approximate surface area is 131 Å². The van der Waals surface area contributed by atoms with Crippen LogP contribution in [0.5, 0.6) is 0 Å².